The average Bonchev–Trinajstić information content (AvgIpc) is 2.68. The maximum atomic E-state index is 9.97. The van der Waals surface area contributed by atoms with Gasteiger partial charge in [0.1, 0.15) is 0 Å². The van der Waals surface area contributed by atoms with Gasteiger partial charge in [-0.1, -0.05) is 0 Å². The van der Waals surface area contributed by atoms with Gasteiger partial charge in [0.15, 0.2) is 0 Å². The zero-order valence-corrected chi connectivity index (χ0v) is 7.91. The molecule has 4 heteroatoms. The molecule has 70 valence electrons. The first kappa shape index (κ1) is 7.91. The number of rotatable bonds is 2. The van der Waals surface area contributed by atoms with Gasteiger partial charge in [0, 0.05) is 17.1 Å². The molecule has 0 radical (unpaired) electrons. The monoisotopic (exact) mass is 197 g/mol. The summed E-state index contributed by atoms with van der Waals surface area (Å²) in [5, 5.41) is 11.9. The molecule has 2 heterocycles. The molecule has 3 unspecified atom stereocenters. The van der Waals surface area contributed by atoms with Crippen LogP contribution in [0.25, 0.3) is 0 Å². The van der Waals surface area contributed by atoms with Gasteiger partial charge < -0.3 is 9.84 Å². The van der Waals surface area contributed by atoms with E-state index in [1.165, 1.54) is 11.5 Å². The quantitative estimate of drug-likeness (QED) is 0.771. The lowest BCUT2D eigenvalue weighted by Gasteiger charge is -2.10. The molecule has 1 saturated carbocycles. The molecule has 1 N–H and O–H groups in total. The molecule has 0 bridgehead atoms. The van der Waals surface area contributed by atoms with Crippen molar-refractivity contribution in [1.29, 1.82) is 0 Å². The maximum Gasteiger partial charge on any atom is 0.0849 e. The molecule has 0 amide bonds. The molecule has 1 aromatic heterocycles. The second-order valence-electron chi connectivity index (χ2n) is 3.85. The first-order chi connectivity index (χ1) is 6.38. The molecule has 3 nitrogen and oxygen atoms in total. The minimum absolute atomic E-state index is 0.308. The fraction of sp³-hybridized carbons (Fsp3) is 0.667. The lowest BCUT2D eigenvalue weighted by molar-refractivity contribution is 0.0888. The number of hydrogen-bond donors (Lipinski definition) is 1. The van der Waals surface area contributed by atoms with Crippen molar-refractivity contribution in [3.8, 4) is 0 Å². The summed E-state index contributed by atoms with van der Waals surface area (Å²) in [4.78, 5) is 0. The van der Waals surface area contributed by atoms with Crippen LogP contribution in [0.15, 0.2) is 11.6 Å². The predicted octanol–water partition coefficient (Wildman–Crippen LogP) is 1.07. The van der Waals surface area contributed by atoms with E-state index in [-0.39, 0.29) is 6.10 Å². The van der Waals surface area contributed by atoms with Crippen molar-refractivity contribution in [2.45, 2.75) is 6.10 Å². The highest BCUT2D eigenvalue weighted by molar-refractivity contribution is 7.03. The van der Waals surface area contributed by atoms with Gasteiger partial charge in [-0.25, -0.2) is 4.37 Å². The van der Waals surface area contributed by atoms with E-state index >= 15 is 0 Å². The molecule has 1 aliphatic carbocycles. The molecule has 3 atom stereocenters. The average molecular weight is 197 g/mol. The Labute approximate surface area is 80.5 Å². The number of aliphatic hydroxyl groups is 1. The largest absolute Gasteiger partial charge is 0.388 e. The molecule has 0 aromatic carbocycles. The summed E-state index contributed by atoms with van der Waals surface area (Å²) >= 11 is 1.40. The maximum absolute atomic E-state index is 9.97. The number of nitrogens with zero attached hydrogens (tertiary/aromatic N) is 1. The van der Waals surface area contributed by atoms with Crippen LogP contribution in [0.1, 0.15) is 11.7 Å². The Morgan fingerprint density at radius 3 is 2.92 bits per heavy atom. The number of ether oxygens (including phenoxy) is 1. The van der Waals surface area contributed by atoms with E-state index in [4.69, 9.17) is 4.74 Å². The van der Waals surface area contributed by atoms with E-state index in [0.29, 0.717) is 17.8 Å². The summed E-state index contributed by atoms with van der Waals surface area (Å²) in [6.45, 7) is 1.67. The zero-order chi connectivity index (χ0) is 8.84. The van der Waals surface area contributed by atoms with Crippen molar-refractivity contribution in [2.75, 3.05) is 13.2 Å². The molecule has 1 aliphatic heterocycles. The van der Waals surface area contributed by atoms with Crippen LogP contribution in [0.4, 0.5) is 0 Å². The smallest absolute Gasteiger partial charge is 0.0849 e. The molecular formula is C9H11NO2S. The van der Waals surface area contributed by atoms with E-state index in [1.54, 1.807) is 6.20 Å². The van der Waals surface area contributed by atoms with Crippen LogP contribution < -0.4 is 0 Å². The molecule has 13 heavy (non-hydrogen) atoms. The van der Waals surface area contributed by atoms with Crippen LogP contribution in [0.5, 0.6) is 0 Å². The fourth-order valence-electron chi connectivity index (χ4n) is 2.33. The van der Waals surface area contributed by atoms with Crippen LogP contribution in [-0.4, -0.2) is 22.7 Å². The summed E-state index contributed by atoms with van der Waals surface area (Å²) in [5.41, 5.74) is 0.976. The Morgan fingerprint density at radius 2 is 2.31 bits per heavy atom. The third-order valence-corrected chi connectivity index (χ3v) is 3.78. The second kappa shape index (κ2) is 2.77. The van der Waals surface area contributed by atoms with Crippen LogP contribution in [0, 0.1) is 17.8 Å². The Kier molecular flexibility index (Phi) is 1.68. The SMILES string of the molecule is OC(c1cnsc1)C1C2COCC21. The fourth-order valence-corrected chi connectivity index (χ4v) is 2.90. The van der Waals surface area contributed by atoms with Crippen molar-refractivity contribution < 1.29 is 9.84 Å². The van der Waals surface area contributed by atoms with Crippen LogP contribution >= 0.6 is 11.5 Å². The highest BCUT2D eigenvalue weighted by Crippen LogP contribution is 2.56. The number of fused-ring (bicyclic) bond motifs is 1. The molecular weight excluding hydrogens is 186 g/mol. The van der Waals surface area contributed by atoms with Gasteiger partial charge in [0.25, 0.3) is 0 Å². The van der Waals surface area contributed by atoms with Crippen molar-refractivity contribution in [3.05, 3.63) is 17.1 Å². The lowest BCUT2D eigenvalue weighted by atomic mass is 10.1. The lowest BCUT2D eigenvalue weighted by Crippen LogP contribution is -2.07. The first-order valence-corrected chi connectivity index (χ1v) is 5.36. The van der Waals surface area contributed by atoms with Gasteiger partial charge >= 0.3 is 0 Å². The summed E-state index contributed by atoms with van der Waals surface area (Å²) in [5.74, 6) is 1.65. The molecule has 1 aromatic rings. The summed E-state index contributed by atoms with van der Waals surface area (Å²) in [6.07, 6.45) is 1.46. The normalized spacial score (nSPS) is 38.7. The van der Waals surface area contributed by atoms with Crippen LogP contribution in [0.2, 0.25) is 0 Å². The zero-order valence-electron chi connectivity index (χ0n) is 7.09. The summed E-state index contributed by atoms with van der Waals surface area (Å²) in [6, 6.07) is 0. The van der Waals surface area contributed by atoms with Crippen molar-refractivity contribution in [3.63, 3.8) is 0 Å². The van der Waals surface area contributed by atoms with Gasteiger partial charge in [-0.05, 0) is 29.3 Å². The first-order valence-electron chi connectivity index (χ1n) is 4.53. The van der Waals surface area contributed by atoms with E-state index in [2.05, 4.69) is 4.37 Å². The Bertz CT molecular complexity index is 291. The van der Waals surface area contributed by atoms with Crippen LogP contribution in [0.3, 0.4) is 0 Å². The highest BCUT2D eigenvalue weighted by Gasteiger charge is 2.57. The van der Waals surface area contributed by atoms with Gasteiger partial charge in [-0.3, -0.25) is 0 Å². The van der Waals surface area contributed by atoms with Crippen molar-refractivity contribution in [1.82, 2.24) is 4.37 Å². The molecule has 1 saturated heterocycles. The molecule has 2 aliphatic rings. The molecule has 0 spiro atoms. The van der Waals surface area contributed by atoms with E-state index in [1.807, 2.05) is 5.38 Å². The molecule has 2 fully saturated rings. The third kappa shape index (κ3) is 1.13. The van der Waals surface area contributed by atoms with E-state index in [0.717, 1.165) is 18.8 Å². The van der Waals surface area contributed by atoms with Crippen molar-refractivity contribution >= 4 is 11.5 Å². The minimum atomic E-state index is -0.308. The second-order valence-corrected chi connectivity index (χ2v) is 4.50. The van der Waals surface area contributed by atoms with Gasteiger partial charge in [-0.2, -0.15) is 0 Å². The highest BCUT2D eigenvalue weighted by atomic mass is 32.1. The number of aliphatic hydroxyl groups excluding tert-OH is 1. The Morgan fingerprint density at radius 1 is 1.54 bits per heavy atom. The topological polar surface area (TPSA) is 42.4 Å². The summed E-state index contributed by atoms with van der Waals surface area (Å²) < 4.78 is 9.28. The van der Waals surface area contributed by atoms with Gasteiger partial charge in [0.05, 0.1) is 19.3 Å². The standard InChI is InChI=1S/C9H11NO2S/c11-9(5-1-10-13-4-5)8-6-2-12-3-7(6)8/h1,4,6-9,11H,2-3H2. The van der Waals surface area contributed by atoms with E-state index in [9.17, 15) is 5.11 Å². The number of aromatic nitrogens is 1. The Hall–Kier alpha value is -0.450. The predicted molar refractivity (Wildman–Crippen MR) is 48.4 cm³/mol. The van der Waals surface area contributed by atoms with Crippen molar-refractivity contribution in [2.24, 2.45) is 17.8 Å². The summed E-state index contributed by atoms with van der Waals surface area (Å²) in [7, 11) is 0. The third-order valence-electron chi connectivity index (χ3n) is 3.18. The van der Waals surface area contributed by atoms with E-state index < -0.39 is 0 Å². The minimum Gasteiger partial charge on any atom is -0.388 e. The van der Waals surface area contributed by atoms with Gasteiger partial charge in [-0.15, -0.1) is 0 Å². The number of hydrogen-bond acceptors (Lipinski definition) is 4. The van der Waals surface area contributed by atoms with Gasteiger partial charge in [0.2, 0.25) is 0 Å². The van der Waals surface area contributed by atoms with Crippen LogP contribution in [-0.2, 0) is 4.74 Å². The Balaban J connectivity index is 1.74. The molecule has 3 rings (SSSR count).